The van der Waals surface area contributed by atoms with Crippen LogP contribution in [0.2, 0.25) is 0 Å². The lowest BCUT2D eigenvalue weighted by atomic mass is 10.0. The summed E-state index contributed by atoms with van der Waals surface area (Å²) in [4.78, 5) is 14.8. The zero-order chi connectivity index (χ0) is 15.7. The summed E-state index contributed by atoms with van der Waals surface area (Å²) >= 11 is 0. The van der Waals surface area contributed by atoms with Crippen molar-refractivity contribution in [2.75, 3.05) is 34.4 Å². The van der Waals surface area contributed by atoms with Crippen LogP contribution in [0.1, 0.15) is 29.6 Å². The quantitative estimate of drug-likeness (QED) is 0.858. The first-order valence-corrected chi connectivity index (χ1v) is 7.77. The van der Waals surface area contributed by atoms with Crippen LogP contribution in [0.15, 0.2) is 12.1 Å². The Bertz CT molecular complexity index is 535. The third-order valence-corrected chi connectivity index (χ3v) is 4.93. The minimum atomic E-state index is 0.0497. The third kappa shape index (κ3) is 2.49. The number of rotatable bonds is 4. The smallest absolute Gasteiger partial charge is 0.254 e. The number of carbonyl (C=O) groups excluding carboxylic acids is 1. The van der Waals surface area contributed by atoms with E-state index < -0.39 is 0 Å². The number of hydrogen-bond acceptors (Lipinski definition) is 4. The van der Waals surface area contributed by atoms with E-state index in [4.69, 9.17) is 14.2 Å². The molecule has 2 atom stereocenters. The third-order valence-electron chi connectivity index (χ3n) is 4.93. The molecule has 1 aliphatic carbocycles. The first-order chi connectivity index (χ1) is 10.7. The van der Waals surface area contributed by atoms with E-state index in [1.807, 2.05) is 4.90 Å². The van der Waals surface area contributed by atoms with Gasteiger partial charge in [0.15, 0.2) is 11.5 Å². The van der Waals surface area contributed by atoms with Gasteiger partial charge in [-0.05, 0) is 36.8 Å². The van der Waals surface area contributed by atoms with E-state index in [2.05, 4.69) is 0 Å². The minimum Gasteiger partial charge on any atom is -0.493 e. The van der Waals surface area contributed by atoms with Crippen molar-refractivity contribution in [3.05, 3.63) is 17.7 Å². The van der Waals surface area contributed by atoms with Crippen LogP contribution < -0.4 is 14.2 Å². The van der Waals surface area contributed by atoms with Gasteiger partial charge in [-0.3, -0.25) is 4.79 Å². The second kappa shape index (κ2) is 6.07. The van der Waals surface area contributed by atoms with Gasteiger partial charge in [0, 0.05) is 18.7 Å². The molecule has 1 aromatic rings. The fourth-order valence-corrected chi connectivity index (χ4v) is 3.79. The Hall–Kier alpha value is -1.91. The van der Waals surface area contributed by atoms with Crippen molar-refractivity contribution >= 4 is 5.91 Å². The number of likely N-dealkylation sites (tertiary alicyclic amines) is 1. The summed E-state index contributed by atoms with van der Waals surface area (Å²) in [5.74, 6) is 2.97. The number of amides is 1. The molecular formula is C17H23NO4. The Morgan fingerprint density at radius 2 is 1.55 bits per heavy atom. The molecule has 0 aromatic heterocycles. The van der Waals surface area contributed by atoms with Gasteiger partial charge in [-0.2, -0.15) is 0 Å². The molecule has 2 aliphatic rings. The predicted octanol–water partition coefficient (Wildman–Crippen LogP) is 2.58. The second-order valence-corrected chi connectivity index (χ2v) is 6.08. The number of hydrogen-bond donors (Lipinski definition) is 0. The molecule has 22 heavy (non-hydrogen) atoms. The van der Waals surface area contributed by atoms with Crippen molar-refractivity contribution in [2.24, 2.45) is 11.8 Å². The molecular weight excluding hydrogens is 282 g/mol. The molecule has 2 fully saturated rings. The van der Waals surface area contributed by atoms with Crippen LogP contribution in [-0.2, 0) is 0 Å². The zero-order valence-electron chi connectivity index (χ0n) is 13.4. The monoisotopic (exact) mass is 305 g/mol. The highest BCUT2D eigenvalue weighted by atomic mass is 16.5. The fourth-order valence-electron chi connectivity index (χ4n) is 3.79. The van der Waals surface area contributed by atoms with E-state index in [1.54, 1.807) is 33.5 Å². The van der Waals surface area contributed by atoms with E-state index in [1.165, 1.54) is 19.3 Å². The summed E-state index contributed by atoms with van der Waals surface area (Å²) < 4.78 is 16.0. The molecule has 120 valence electrons. The average molecular weight is 305 g/mol. The topological polar surface area (TPSA) is 48.0 Å². The summed E-state index contributed by atoms with van der Waals surface area (Å²) in [6.45, 7) is 1.75. The summed E-state index contributed by atoms with van der Waals surface area (Å²) in [6.07, 6.45) is 3.81. The van der Waals surface area contributed by atoms with Crippen LogP contribution in [-0.4, -0.2) is 45.2 Å². The largest absolute Gasteiger partial charge is 0.493 e. The number of fused-ring (bicyclic) bond motifs is 1. The molecule has 5 heteroatoms. The SMILES string of the molecule is COc1cc(C(=O)N2CC3CCCC3C2)cc(OC)c1OC. The maximum absolute atomic E-state index is 12.8. The van der Waals surface area contributed by atoms with Gasteiger partial charge in [0.05, 0.1) is 21.3 Å². The van der Waals surface area contributed by atoms with E-state index in [9.17, 15) is 4.79 Å². The Labute approximate surface area is 131 Å². The molecule has 3 rings (SSSR count). The molecule has 2 unspecified atom stereocenters. The first kappa shape index (κ1) is 15.0. The molecule has 0 radical (unpaired) electrons. The molecule has 1 saturated heterocycles. The Balaban J connectivity index is 1.86. The van der Waals surface area contributed by atoms with E-state index >= 15 is 0 Å². The summed E-state index contributed by atoms with van der Waals surface area (Å²) in [5.41, 5.74) is 0.592. The van der Waals surface area contributed by atoms with E-state index in [-0.39, 0.29) is 5.91 Å². The van der Waals surface area contributed by atoms with Crippen molar-refractivity contribution in [3.63, 3.8) is 0 Å². The Morgan fingerprint density at radius 1 is 1.00 bits per heavy atom. The van der Waals surface area contributed by atoms with Crippen LogP contribution in [0.25, 0.3) is 0 Å². The number of nitrogens with zero attached hydrogens (tertiary/aromatic N) is 1. The van der Waals surface area contributed by atoms with Gasteiger partial charge in [-0.15, -0.1) is 0 Å². The van der Waals surface area contributed by atoms with Gasteiger partial charge < -0.3 is 19.1 Å². The highest BCUT2D eigenvalue weighted by Gasteiger charge is 2.38. The van der Waals surface area contributed by atoms with Gasteiger partial charge >= 0.3 is 0 Å². The molecule has 1 aliphatic heterocycles. The molecule has 0 bridgehead atoms. The first-order valence-electron chi connectivity index (χ1n) is 7.77. The molecule has 1 aromatic carbocycles. The summed E-state index contributed by atoms with van der Waals surface area (Å²) in [5, 5.41) is 0. The number of carbonyl (C=O) groups is 1. The lowest BCUT2D eigenvalue weighted by Crippen LogP contribution is -2.29. The summed E-state index contributed by atoms with van der Waals surface area (Å²) in [6, 6.07) is 3.47. The van der Waals surface area contributed by atoms with Crippen LogP contribution in [0.4, 0.5) is 0 Å². The van der Waals surface area contributed by atoms with Gasteiger partial charge in [0.2, 0.25) is 5.75 Å². The van der Waals surface area contributed by atoms with E-state index in [0.29, 0.717) is 34.6 Å². The van der Waals surface area contributed by atoms with Crippen LogP contribution in [0.3, 0.4) is 0 Å². The van der Waals surface area contributed by atoms with Crippen LogP contribution in [0.5, 0.6) is 17.2 Å². The van der Waals surface area contributed by atoms with Crippen molar-refractivity contribution in [3.8, 4) is 17.2 Å². The number of benzene rings is 1. The molecule has 1 saturated carbocycles. The average Bonchev–Trinajstić information content (AvgIpc) is 3.14. The van der Waals surface area contributed by atoms with Gasteiger partial charge in [-0.25, -0.2) is 0 Å². The zero-order valence-corrected chi connectivity index (χ0v) is 13.4. The van der Waals surface area contributed by atoms with Gasteiger partial charge in [0.25, 0.3) is 5.91 Å². The molecule has 1 heterocycles. The normalized spacial score (nSPS) is 23.3. The van der Waals surface area contributed by atoms with Crippen LogP contribution in [0, 0.1) is 11.8 Å². The second-order valence-electron chi connectivity index (χ2n) is 6.08. The number of methoxy groups -OCH3 is 3. The standard InChI is InChI=1S/C17H23NO4/c1-20-14-7-13(8-15(21-2)16(14)22-3)17(19)18-9-11-5-4-6-12(11)10-18/h7-8,11-12H,4-6,9-10H2,1-3H3. The van der Waals surface area contributed by atoms with Gasteiger partial charge in [0.1, 0.15) is 0 Å². The van der Waals surface area contributed by atoms with Crippen LogP contribution >= 0.6 is 0 Å². The molecule has 5 nitrogen and oxygen atoms in total. The molecule has 1 amide bonds. The fraction of sp³-hybridized carbons (Fsp3) is 0.588. The van der Waals surface area contributed by atoms with Gasteiger partial charge in [-0.1, -0.05) is 6.42 Å². The van der Waals surface area contributed by atoms with Crippen molar-refractivity contribution in [1.82, 2.24) is 4.90 Å². The highest BCUT2D eigenvalue weighted by molar-refractivity contribution is 5.96. The number of ether oxygens (including phenoxy) is 3. The van der Waals surface area contributed by atoms with Crippen molar-refractivity contribution < 1.29 is 19.0 Å². The van der Waals surface area contributed by atoms with Crippen molar-refractivity contribution in [1.29, 1.82) is 0 Å². The molecule has 0 N–H and O–H groups in total. The van der Waals surface area contributed by atoms with E-state index in [0.717, 1.165) is 13.1 Å². The highest BCUT2D eigenvalue weighted by Crippen LogP contribution is 2.41. The maximum Gasteiger partial charge on any atom is 0.254 e. The lowest BCUT2D eigenvalue weighted by molar-refractivity contribution is 0.0780. The lowest BCUT2D eigenvalue weighted by Gasteiger charge is -2.19. The minimum absolute atomic E-state index is 0.0497. The maximum atomic E-state index is 12.8. The summed E-state index contributed by atoms with van der Waals surface area (Å²) in [7, 11) is 4.68. The predicted molar refractivity (Wildman–Crippen MR) is 82.8 cm³/mol. The van der Waals surface area contributed by atoms with Crippen molar-refractivity contribution in [2.45, 2.75) is 19.3 Å². The Morgan fingerprint density at radius 3 is 2.00 bits per heavy atom. The molecule has 0 spiro atoms. The Kier molecular flexibility index (Phi) is 4.14.